The number of hydrogen-bond acceptors (Lipinski definition) is 2. The van der Waals surface area contributed by atoms with Crippen LogP contribution in [0.5, 0.6) is 0 Å². The first kappa shape index (κ1) is 6.52. The topological polar surface area (TPSA) is 15.6 Å². The van der Waals surface area contributed by atoms with Crippen molar-refractivity contribution in [3.63, 3.8) is 0 Å². The van der Waals surface area contributed by atoms with Crippen molar-refractivity contribution in [2.24, 2.45) is 11.0 Å². The summed E-state index contributed by atoms with van der Waals surface area (Å²) in [6.45, 7) is 4.10. The summed E-state index contributed by atoms with van der Waals surface area (Å²) in [5, 5.41) is 5.48. The molecule has 1 aliphatic rings. The van der Waals surface area contributed by atoms with Crippen LogP contribution in [0, 0.1) is 12.5 Å². The summed E-state index contributed by atoms with van der Waals surface area (Å²) < 4.78 is 11.8. The highest BCUT2D eigenvalue weighted by Gasteiger charge is 2.16. The number of halogens is 1. The van der Waals surface area contributed by atoms with Gasteiger partial charge in [-0.2, -0.15) is 5.10 Å². The van der Waals surface area contributed by atoms with Crippen LogP contribution < -0.4 is 0 Å². The minimum absolute atomic E-state index is 0.204. The van der Waals surface area contributed by atoms with Gasteiger partial charge in [0, 0.05) is 6.54 Å². The predicted octanol–water partition coefficient (Wildman–Crippen LogP) is 0.932. The van der Waals surface area contributed by atoms with E-state index in [9.17, 15) is 4.39 Å². The summed E-state index contributed by atoms with van der Waals surface area (Å²) in [7, 11) is 0. The van der Waals surface area contributed by atoms with Crippen molar-refractivity contribution in [1.82, 2.24) is 5.01 Å². The molecule has 2 radical (unpaired) electrons. The lowest BCUT2D eigenvalue weighted by Crippen LogP contribution is -2.12. The zero-order valence-corrected chi connectivity index (χ0v) is 5.34. The monoisotopic (exact) mass is 128 g/mol. The quantitative estimate of drug-likeness (QED) is 0.540. The molecule has 0 spiro atoms. The van der Waals surface area contributed by atoms with Crippen LogP contribution in [0.4, 0.5) is 4.39 Å². The average Bonchev–Trinajstić information content (AvgIpc) is 2.34. The van der Waals surface area contributed by atoms with E-state index >= 15 is 0 Å². The van der Waals surface area contributed by atoms with Gasteiger partial charge in [-0.05, 0) is 6.92 Å². The van der Waals surface area contributed by atoms with Gasteiger partial charge in [0.05, 0.1) is 18.7 Å². The summed E-state index contributed by atoms with van der Waals surface area (Å²) in [6, 6.07) is 0. The van der Waals surface area contributed by atoms with Crippen molar-refractivity contribution in [2.45, 2.75) is 6.92 Å². The van der Waals surface area contributed by atoms with Crippen molar-refractivity contribution in [3.05, 3.63) is 6.54 Å². The highest BCUT2D eigenvalue weighted by molar-refractivity contribution is 5.64. The second-order valence-electron chi connectivity index (χ2n) is 1.89. The third-order valence-electron chi connectivity index (χ3n) is 1.19. The molecule has 9 heavy (non-hydrogen) atoms. The molecular weight excluding hydrogens is 119 g/mol. The number of alkyl halides is 1. The molecule has 50 valence electrons. The fourth-order valence-electron chi connectivity index (χ4n) is 0.673. The van der Waals surface area contributed by atoms with E-state index in [4.69, 9.17) is 0 Å². The Morgan fingerprint density at radius 1 is 1.89 bits per heavy atom. The van der Waals surface area contributed by atoms with Crippen LogP contribution >= 0.6 is 0 Å². The van der Waals surface area contributed by atoms with Crippen molar-refractivity contribution in [2.75, 3.05) is 13.2 Å². The van der Waals surface area contributed by atoms with E-state index in [0.29, 0.717) is 0 Å². The van der Waals surface area contributed by atoms with Gasteiger partial charge in [0.25, 0.3) is 0 Å². The molecule has 0 aromatic carbocycles. The molecule has 0 fully saturated rings. The Hall–Kier alpha value is -0.600. The molecule has 0 aromatic heterocycles. The Kier molecular flexibility index (Phi) is 2.03. The molecule has 1 rings (SSSR count). The number of nitrogens with zero attached hydrogens (tertiary/aromatic N) is 2. The molecule has 1 aliphatic heterocycles. The fraction of sp³-hybridized carbons (Fsp3) is 0.667. The zero-order valence-electron chi connectivity index (χ0n) is 5.34. The Balaban J connectivity index is 2.31. The van der Waals surface area contributed by atoms with E-state index in [-0.39, 0.29) is 12.6 Å². The molecule has 0 aromatic rings. The van der Waals surface area contributed by atoms with E-state index in [1.807, 2.05) is 6.92 Å². The van der Waals surface area contributed by atoms with Crippen LogP contribution in [-0.2, 0) is 0 Å². The maximum Gasteiger partial charge on any atom is 0.100 e. The molecule has 3 heteroatoms. The maximum absolute atomic E-state index is 11.8. The van der Waals surface area contributed by atoms with Crippen LogP contribution in [0.15, 0.2) is 5.10 Å². The first-order valence-electron chi connectivity index (χ1n) is 3.00. The molecule has 0 saturated carbocycles. The zero-order chi connectivity index (χ0) is 6.69. The van der Waals surface area contributed by atoms with Crippen molar-refractivity contribution in [3.8, 4) is 0 Å². The van der Waals surface area contributed by atoms with E-state index in [1.165, 1.54) is 0 Å². The number of rotatable bonds is 2. The van der Waals surface area contributed by atoms with Gasteiger partial charge in [0.2, 0.25) is 0 Å². The van der Waals surface area contributed by atoms with Crippen LogP contribution in [0.25, 0.3) is 0 Å². The molecule has 1 unspecified atom stereocenters. The lowest BCUT2D eigenvalue weighted by Gasteiger charge is -2.09. The third kappa shape index (κ3) is 1.40. The Bertz CT molecular complexity index is 102. The predicted molar refractivity (Wildman–Crippen MR) is 33.6 cm³/mol. The molecule has 0 bridgehead atoms. The summed E-state index contributed by atoms with van der Waals surface area (Å²) in [5.41, 5.74) is 0. The van der Waals surface area contributed by atoms with Crippen LogP contribution in [0.1, 0.15) is 6.92 Å². The minimum atomic E-state index is -0.389. The van der Waals surface area contributed by atoms with Crippen molar-refractivity contribution < 1.29 is 4.39 Å². The van der Waals surface area contributed by atoms with E-state index in [2.05, 4.69) is 11.3 Å². The molecule has 1 heterocycles. The molecule has 2 nitrogen and oxygen atoms in total. The molecule has 0 N–H and O–H groups in total. The van der Waals surface area contributed by atoms with E-state index in [1.54, 1.807) is 11.6 Å². The van der Waals surface area contributed by atoms with Gasteiger partial charge in [-0.25, -0.2) is 0 Å². The summed E-state index contributed by atoms with van der Waals surface area (Å²) in [5.74, 6) is -0.204. The van der Waals surface area contributed by atoms with Gasteiger partial charge >= 0.3 is 0 Å². The second-order valence-corrected chi connectivity index (χ2v) is 1.89. The highest BCUT2D eigenvalue weighted by Crippen LogP contribution is 2.11. The van der Waals surface area contributed by atoms with Gasteiger partial charge in [-0.1, -0.05) is 0 Å². The molecule has 0 saturated heterocycles. The Morgan fingerprint density at radius 3 is 3.00 bits per heavy atom. The molecule has 0 aliphatic carbocycles. The second kappa shape index (κ2) is 2.80. The molecule has 1 atom stereocenters. The Labute approximate surface area is 54.3 Å². The first-order chi connectivity index (χ1) is 4.36. The van der Waals surface area contributed by atoms with Crippen LogP contribution in [0.2, 0.25) is 0 Å². The lowest BCUT2D eigenvalue weighted by molar-refractivity contribution is 0.350. The number of hydrogen-bond donors (Lipinski definition) is 0. The molecular formula is C6H9FN2. The standard InChI is InChI=1S/C6H9FN2/c1-2-9-5-6(3-7)4-8-9/h5-6H,2-3H2,1H3. The van der Waals surface area contributed by atoms with E-state index < -0.39 is 0 Å². The van der Waals surface area contributed by atoms with Gasteiger partial charge in [-0.3, -0.25) is 9.40 Å². The number of hydrazone groups is 1. The third-order valence-corrected chi connectivity index (χ3v) is 1.19. The first-order valence-corrected chi connectivity index (χ1v) is 3.00. The highest BCUT2D eigenvalue weighted by atomic mass is 19.1. The SMILES string of the molecule is CCN1[CH]C(CF)[C]=N1. The summed E-state index contributed by atoms with van der Waals surface area (Å²) in [4.78, 5) is 0. The van der Waals surface area contributed by atoms with Crippen molar-refractivity contribution >= 4 is 6.21 Å². The summed E-state index contributed by atoms with van der Waals surface area (Å²) >= 11 is 0. The Morgan fingerprint density at radius 2 is 2.67 bits per heavy atom. The summed E-state index contributed by atoms with van der Waals surface area (Å²) in [6.07, 6.45) is 2.63. The van der Waals surface area contributed by atoms with E-state index in [0.717, 1.165) is 6.54 Å². The van der Waals surface area contributed by atoms with Crippen LogP contribution in [-0.4, -0.2) is 24.4 Å². The van der Waals surface area contributed by atoms with Crippen molar-refractivity contribution in [1.29, 1.82) is 0 Å². The lowest BCUT2D eigenvalue weighted by atomic mass is 10.2. The normalized spacial score (nSPS) is 25.6. The minimum Gasteiger partial charge on any atom is -0.291 e. The molecule has 0 amide bonds. The largest absolute Gasteiger partial charge is 0.291 e. The average molecular weight is 128 g/mol. The van der Waals surface area contributed by atoms with Gasteiger partial charge in [0.1, 0.15) is 6.67 Å². The van der Waals surface area contributed by atoms with Gasteiger partial charge in [-0.15, -0.1) is 0 Å². The van der Waals surface area contributed by atoms with Crippen LogP contribution in [0.3, 0.4) is 0 Å². The van der Waals surface area contributed by atoms with Gasteiger partial charge < -0.3 is 0 Å². The van der Waals surface area contributed by atoms with Gasteiger partial charge in [0.15, 0.2) is 0 Å². The maximum atomic E-state index is 11.8. The smallest absolute Gasteiger partial charge is 0.100 e. The fourth-order valence-corrected chi connectivity index (χ4v) is 0.673.